The molecule has 0 N–H and O–H groups in total. The molecule has 0 spiro atoms. The lowest BCUT2D eigenvalue weighted by Crippen LogP contribution is -2.29. The molecule has 1 aliphatic rings. The molecule has 2 bridgehead atoms. The second-order valence-corrected chi connectivity index (χ2v) is 7.55. The van der Waals surface area contributed by atoms with E-state index in [-0.39, 0.29) is 24.5 Å². The average Bonchev–Trinajstić information content (AvgIpc) is 2.42. The van der Waals surface area contributed by atoms with E-state index < -0.39 is 16.4 Å². The van der Waals surface area contributed by atoms with Crippen molar-refractivity contribution in [2.75, 3.05) is 6.79 Å². The van der Waals surface area contributed by atoms with Crippen LogP contribution in [0.5, 0.6) is 0 Å². The van der Waals surface area contributed by atoms with Gasteiger partial charge < -0.3 is 9.47 Å². The quantitative estimate of drug-likeness (QED) is 0.791. The van der Waals surface area contributed by atoms with Gasteiger partial charge in [-0.3, -0.25) is 0 Å². The van der Waals surface area contributed by atoms with E-state index in [2.05, 4.69) is 6.92 Å². The summed E-state index contributed by atoms with van der Waals surface area (Å²) in [5.74, 6) is 0. The van der Waals surface area contributed by atoms with Gasteiger partial charge in [0.2, 0.25) is 0 Å². The van der Waals surface area contributed by atoms with E-state index in [1.807, 2.05) is 13.8 Å². The van der Waals surface area contributed by atoms with Crippen molar-refractivity contribution in [2.24, 2.45) is 5.41 Å². The van der Waals surface area contributed by atoms with Crippen LogP contribution in [0.4, 0.5) is 0 Å². The second kappa shape index (κ2) is 7.55. The lowest BCUT2D eigenvalue weighted by Gasteiger charge is -2.28. The fourth-order valence-electron chi connectivity index (χ4n) is 1.99. The summed E-state index contributed by atoms with van der Waals surface area (Å²) in [7, 11) is -3.83. The molecular weight excluding hydrogens is 304 g/mol. The van der Waals surface area contributed by atoms with Gasteiger partial charge in [0.1, 0.15) is 6.79 Å². The Kier molecular flexibility index (Phi) is 6.55. The van der Waals surface area contributed by atoms with Crippen molar-refractivity contribution in [1.82, 2.24) is 0 Å². The Labute approximate surface area is 133 Å². The highest BCUT2D eigenvalue weighted by Crippen LogP contribution is 2.30. The van der Waals surface area contributed by atoms with E-state index in [4.69, 9.17) is 13.7 Å². The van der Waals surface area contributed by atoms with E-state index in [1.165, 1.54) is 6.07 Å². The third kappa shape index (κ3) is 5.05. The first-order chi connectivity index (χ1) is 9.82. The molecular formula is C16H26O5S. The molecule has 1 heterocycles. The maximum absolute atomic E-state index is 12.3. The van der Waals surface area contributed by atoms with Crippen molar-refractivity contribution < 1.29 is 22.1 Å². The summed E-state index contributed by atoms with van der Waals surface area (Å²) in [6, 6.07) is 6.58. The standard InChI is InChI=1S/C15H22O5S.CH4/c1-4-15(2,3)9-14-19-11-18-10-12-6-5-7-13(8-12)21(16,17)20-14;/h5-8,14H,4,9-11H2,1-3H3;1H4. The van der Waals surface area contributed by atoms with Crippen molar-refractivity contribution >= 4 is 10.1 Å². The second-order valence-electron chi connectivity index (χ2n) is 5.98. The highest BCUT2D eigenvalue weighted by atomic mass is 32.2. The van der Waals surface area contributed by atoms with Gasteiger partial charge in [0, 0.05) is 6.42 Å². The van der Waals surface area contributed by atoms with Gasteiger partial charge in [0.25, 0.3) is 10.1 Å². The monoisotopic (exact) mass is 330 g/mol. The van der Waals surface area contributed by atoms with Crippen LogP contribution in [-0.4, -0.2) is 21.5 Å². The summed E-state index contributed by atoms with van der Waals surface area (Å²) in [4.78, 5) is 0.133. The zero-order valence-corrected chi connectivity index (χ0v) is 13.5. The van der Waals surface area contributed by atoms with Crippen LogP contribution in [0.15, 0.2) is 29.2 Å². The topological polar surface area (TPSA) is 61.8 Å². The minimum absolute atomic E-state index is 0. The predicted molar refractivity (Wildman–Crippen MR) is 84.7 cm³/mol. The summed E-state index contributed by atoms with van der Waals surface area (Å²) in [6.45, 7) is 6.46. The van der Waals surface area contributed by atoms with Crippen LogP contribution < -0.4 is 0 Å². The van der Waals surface area contributed by atoms with Gasteiger partial charge in [-0.15, -0.1) is 0 Å². The zero-order chi connectivity index (χ0) is 15.5. The number of hydrogen-bond acceptors (Lipinski definition) is 5. The summed E-state index contributed by atoms with van der Waals surface area (Å²) >= 11 is 0. The summed E-state index contributed by atoms with van der Waals surface area (Å²) in [5, 5.41) is 0. The fourth-order valence-corrected chi connectivity index (χ4v) is 3.05. The van der Waals surface area contributed by atoms with Crippen LogP contribution in [0.3, 0.4) is 0 Å². The first kappa shape index (κ1) is 19.1. The van der Waals surface area contributed by atoms with Crippen molar-refractivity contribution in [3.8, 4) is 0 Å². The molecule has 0 saturated carbocycles. The smallest absolute Gasteiger partial charge is 0.299 e. The Morgan fingerprint density at radius 3 is 2.73 bits per heavy atom. The normalized spacial score (nSPS) is 21.7. The molecule has 6 heteroatoms. The van der Waals surface area contributed by atoms with Gasteiger partial charge in [-0.2, -0.15) is 8.42 Å². The van der Waals surface area contributed by atoms with Gasteiger partial charge in [0.15, 0.2) is 6.29 Å². The van der Waals surface area contributed by atoms with Gasteiger partial charge >= 0.3 is 0 Å². The lowest BCUT2D eigenvalue weighted by molar-refractivity contribution is -0.171. The van der Waals surface area contributed by atoms with E-state index >= 15 is 0 Å². The van der Waals surface area contributed by atoms with Crippen LogP contribution in [0.2, 0.25) is 0 Å². The number of rotatable bonds is 3. The number of benzene rings is 1. The molecule has 1 aliphatic heterocycles. The molecule has 1 aromatic rings. The summed E-state index contributed by atoms with van der Waals surface area (Å²) in [5.41, 5.74) is 0.696. The van der Waals surface area contributed by atoms with Gasteiger partial charge in [-0.1, -0.05) is 46.8 Å². The Morgan fingerprint density at radius 1 is 1.32 bits per heavy atom. The van der Waals surface area contributed by atoms with Crippen LogP contribution in [0, 0.1) is 5.41 Å². The van der Waals surface area contributed by atoms with E-state index in [9.17, 15) is 8.42 Å². The Hall–Kier alpha value is -0.950. The van der Waals surface area contributed by atoms with Gasteiger partial charge in [-0.05, 0) is 23.1 Å². The minimum Gasteiger partial charge on any atom is -0.351 e. The Balaban J connectivity index is 0.00000242. The molecule has 126 valence electrons. The minimum atomic E-state index is -3.83. The SMILES string of the molecule is C.CCC(C)(C)CC1OCOCc2cccc(c2)S(=O)(=O)O1. The largest absolute Gasteiger partial charge is 0.351 e. The first-order valence-corrected chi connectivity index (χ1v) is 8.45. The molecule has 0 amide bonds. The van der Waals surface area contributed by atoms with Crippen LogP contribution >= 0.6 is 0 Å². The third-order valence-corrected chi connectivity index (χ3v) is 5.00. The predicted octanol–water partition coefficient (Wildman–Crippen LogP) is 3.68. The highest BCUT2D eigenvalue weighted by molar-refractivity contribution is 7.86. The van der Waals surface area contributed by atoms with Crippen LogP contribution in [-0.2, 0) is 30.4 Å². The summed E-state index contributed by atoms with van der Waals surface area (Å²) in [6.07, 6.45) is 0.532. The zero-order valence-electron chi connectivity index (χ0n) is 12.7. The highest BCUT2D eigenvalue weighted by Gasteiger charge is 2.29. The fraction of sp³-hybridized carbons (Fsp3) is 0.625. The number of fused-ring (bicyclic) bond motifs is 2. The number of ether oxygens (including phenoxy) is 2. The maximum atomic E-state index is 12.3. The van der Waals surface area contributed by atoms with Crippen molar-refractivity contribution in [2.45, 2.75) is 58.8 Å². The van der Waals surface area contributed by atoms with Crippen molar-refractivity contribution in [3.05, 3.63) is 29.8 Å². The molecule has 5 nitrogen and oxygen atoms in total. The van der Waals surface area contributed by atoms with Crippen molar-refractivity contribution in [1.29, 1.82) is 0 Å². The average molecular weight is 330 g/mol. The van der Waals surface area contributed by atoms with Gasteiger partial charge in [-0.25, -0.2) is 4.18 Å². The molecule has 0 fully saturated rings. The third-order valence-electron chi connectivity index (χ3n) is 3.70. The maximum Gasteiger partial charge on any atom is 0.299 e. The number of hydrogen-bond donors (Lipinski definition) is 0. The van der Waals surface area contributed by atoms with E-state index in [0.717, 1.165) is 12.0 Å². The molecule has 1 aromatic carbocycles. The van der Waals surface area contributed by atoms with Crippen LogP contribution in [0.1, 0.15) is 46.6 Å². The molecule has 0 saturated heterocycles. The van der Waals surface area contributed by atoms with E-state index in [1.54, 1.807) is 18.2 Å². The Morgan fingerprint density at radius 2 is 2.05 bits per heavy atom. The Bertz CT molecular complexity index is 580. The molecule has 2 rings (SSSR count). The van der Waals surface area contributed by atoms with Crippen LogP contribution in [0.25, 0.3) is 0 Å². The molecule has 1 unspecified atom stereocenters. The molecule has 22 heavy (non-hydrogen) atoms. The molecule has 0 radical (unpaired) electrons. The van der Waals surface area contributed by atoms with E-state index in [0.29, 0.717) is 13.0 Å². The lowest BCUT2D eigenvalue weighted by atomic mass is 9.86. The van der Waals surface area contributed by atoms with Gasteiger partial charge in [0.05, 0.1) is 11.5 Å². The first-order valence-electron chi connectivity index (χ1n) is 7.04. The molecule has 1 atom stereocenters. The van der Waals surface area contributed by atoms with Crippen molar-refractivity contribution in [3.63, 3.8) is 0 Å². The summed E-state index contributed by atoms with van der Waals surface area (Å²) < 4.78 is 40.8. The molecule has 0 aromatic heterocycles. The molecule has 0 aliphatic carbocycles.